The minimum Gasteiger partial charge on any atom is -0.377 e. The highest BCUT2D eigenvalue weighted by molar-refractivity contribution is 5.79. The Hall–Kier alpha value is -1.67. The molecule has 2 aliphatic heterocycles. The van der Waals surface area contributed by atoms with Gasteiger partial charge in [-0.3, -0.25) is 4.99 Å². The second kappa shape index (κ2) is 8.62. The van der Waals surface area contributed by atoms with Gasteiger partial charge in [0.1, 0.15) is 12.4 Å². The number of aliphatic imine (C=N–C) groups is 1. The van der Waals surface area contributed by atoms with Crippen molar-refractivity contribution in [1.29, 1.82) is 0 Å². The molecular weight excluding hydrogens is 318 g/mol. The molecule has 0 spiro atoms. The number of nitrogens with zero attached hydrogens (tertiary/aromatic N) is 5. The Kier molecular flexibility index (Phi) is 6.25. The number of aromatic nitrogens is 3. The summed E-state index contributed by atoms with van der Waals surface area (Å²) in [5, 5.41) is 11.6. The van der Waals surface area contributed by atoms with Gasteiger partial charge < -0.3 is 20.3 Å². The van der Waals surface area contributed by atoms with Gasteiger partial charge in [0.2, 0.25) is 0 Å². The first-order valence-electron chi connectivity index (χ1n) is 9.25. The average molecular weight is 349 g/mol. The third-order valence-electron chi connectivity index (χ3n) is 5.02. The predicted molar refractivity (Wildman–Crippen MR) is 97.6 cm³/mol. The van der Waals surface area contributed by atoms with Crippen LogP contribution in [0.1, 0.15) is 30.9 Å². The zero-order valence-electron chi connectivity index (χ0n) is 15.7. The number of hydrogen-bond acceptors (Lipinski definition) is 5. The molecule has 2 aliphatic rings. The van der Waals surface area contributed by atoms with Gasteiger partial charge in [0, 0.05) is 39.7 Å². The molecule has 0 aromatic carbocycles. The third-order valence-corrected chi connectivity index (χ3v) is 5.02. The van der Waals surface area contributed by atoms with Crippen LogP contribution in [0.2, 0.25) is 0 Å². The summed E-state index contributed by atoms with van der Waals surface area (Å²) in [5.74, 6) is 3.40. The van der Waals surface area contributed by atoms with Gasteiger partial charge in [-0.25, -0.2) is 9.67 Å². The maximum Gasteiger partial charge on any atom is 0.191 e. The van der Waals surface area contributed by atoms with E-state index < -0.39 is 0 Å². The highest BCUT2D eigenvalue weighted by Gasteiger charge is 2.23. The molecule has 1 aromatic rings. The molecule has 1 fully saturated rings. The lowest BCUT2D eigenvalue weighted by molar-refractivity contribution is 0.177. The van der Waals surface area contributed by atoms with Crippen molar-refractivity contribution in [1.82, 2.24) is 30.3 Å². The summed E-state index contributed by atoms with van der Waals surface area (Å²) in [6.45, 7) is 4.65. The van der Waals surface area contributed by atoms with Crippen molar-refractivity contribution in [3.63, 3.8) is 0 Å². The van der Waals surface area contributed by atoms with Gasteiger partial charge in [-0.1, -0.05) is 0 Å². The lowest BCUT2D eigenvalue weighted by Crippen LogP contribution is -2.49. The minimum absolute atomic E-state index is 0.324. The highest BCUT2D eigenvalue weighted by Crippen LogP contribution is 2.15. The summed E-state index contributed by atoms with van der Waals surface area (Å²) in [7, 11) is 5.71. The van der Waals surface area contributed by atoms with E-state index in [2.05, 4.69) is 37.7 Å². The van der Waals surface area contributed by atoms with E-state index in [1.54, 1.807) is 7.11 Å². The Bertz CT molecular complexity index is 586. The number of likely N-dealkylation sites (tertiary alicyclic amines) is 1. The van der Waals surface area contributed by atoms with Crippen molar-refractivity contribution >= 4 is 5.96 Å². The van der Waals surface area contributed by atoms with Gasteiger partial charge in [0.25, 0.3) is 0 Å². The molecule has 0 saturated carbocycles. The van der Waals surface area contributed by atoms with Crippen molar-refractivity contribution in [2.75, 3.05) is 40.8 Å². The lowest BCUT2D eigenvalue weighted by atomic mass is 9.98. The number of aryl methyl sites for hydroxylation is 1. The molecule has 2 atom stereocenters. The molecule has 2 unspecified atom stereocenters. The van der Waals surface area contributed by atoms with Crippen molar-refractivity contribution in [2.24, 2.45) is 10.9 Å². The van der Waals surface area contributed by atoms with Gasteiger partial charge in [0.05, 0.1) is 6.54 Å². The second-order valence-corrected chi connectivity index (χ2v) is 7.16. The van der Waals surface area contributed by atoms with Gasteiger partial charge >= 0.3 is 0 Å². The Morgan fingerprint density at radius 3 is 3.00 bits per heavy atom. The molecule has 8 nitrogen and oxygen atoms in total. The van der Waals surface area contributed by atoms with Crippen LogP contribution in [0.25, 0.3) is 0 Å². The van der Waals surface area contributed by atoms with Crippen molar-refractivity contribution < 1.29 is 4.74 Å². The zero-order chi connectivity index (χ0) is 17.6. The summed E-state index contributed by atoms with van der Waals surface area (Å²) >= 11 is 0. The molecule has 25 heavy (non-hydrogen) atoms. The van der Waals surface area contributed by atoms with E-state index in [1.165, 1.54) is 19.4 Å². The molecule has 140 valence electrons. The molecule has 0 radical (unpaired) electrons. The Labute approximate surface area is 150 Å². The van der Waals surface area contributed by atoms with Crippen LogP contribution in [0.3, 0.4) is 0 Å². The van der Waals surface area contributed by atoms with Crippen LogP contribution in [0.4, 0.5) is 0 Å². The molecule has 1 saturated heterocycles. The summed E-state index contributed by atoms with van der Waals surface area (Å²) in [4.78, 5) is 11.3. The van der Waals surface area contributed by atoms with Crippen LogP contribution in [0, 0.1) is 5.92 Å². The summed E-state index contributed by atoms with van der Waals surface area (Å²) in [6.07, 6.45) is 4.55. The number of ether oxygens (including phenoxy) is 1. The van der Waals surface area contributed by atoms with Gasteiger partial charge in [-0.15, -0.1) is 0 Å². The van der Waals surface area contributed by atoms with Crippen LogP contribution in [0.5, 0.6) is 0 Å². The van der Waals surface area contributed by atoms with Crippen LogP contribution < -0.4 is 10.6 Å². The Morgan fingerprint density at radius 2 is 2.24 bits per heavy atom. The normalized spacial score (nSPS) is 24.8. The first kappa shape index (κ1) is 18.1. The maximum atomic E-state index is 5.12. The van der Waals surface area contributed by atoms with E-state index in [9.17, 15) is 0 Å². The van der Waals surface area contributed by atoms with Crippen LogP contribution in [-0.4, -0.2) is 72.5 Å². The predicted octanol–water partition coefficient (Wildman–Crippen LogP) is 0.246. The molecule has 3 rings (SSSR count). The SMILES string of the molecule is CN=C(NCC1CCCN(C)C1)NC1CCc2nc(COC)nn2C1. The summed E-state index contributed by atoms with van der Waals surface area (Å²) < 4.78 is 7.12. The Morgan fingerprint density at radius 1 is 1.36 bits per heavy atom. The van der Waals surface area contributed by atoms with E-state index in [4.69, 9.17) is 4.74 Å². The molecule has 8 heteroatoms. The second-order valence-electron chi connectivity index (χ2n) is 7.16. The smallest absolute Gasteiger partial charge is 0.191 e. The topological polar surface area (TPSA) is 79.6 Å². The van der Waals surface area contributed by atoms with Crippen molar-refractivity contribution in [3.8, 4) is 0 Å². The van der Waals surface area contributed by atoms with Crippen LogP contribution >= 0.6 is 0 Å². The van der Waals surface area contributed by atoms with Gasteiger partial charge in [-0.05, 0) is 38.8 Å². The number of nitrogens with one attached hydrogen (secondary N) is 2. The summed E-state index contributed by atoms with van der Waals surface area (Å²) in [5.41, 5.74) is 0. The van der Waals surface area contributed by atoms with Gasteiger partial charge in [-0.2, -0.15) is 5.10 Å². The van der Waals surface area contributed by atoms with E-state index in [0.29, 0.717) is 18.6 Å². The monoisotopic (exact) mass is 349 g/mol. The molecular formula is C17H31N7O. The number of methoxy groups -OCH3 is 1. The summed E-state index contributed by atoms with van der Waals surface area (Å²) in [6, 6.07) is 0.324. The number of guanidine groups is 1. The van der Waals surface area contributed by atoms with Crippen molar-refractivity contribution in [2.45, 2.75) is 44.9 Å². The van der Waals surface area contributed by atoms with E-state index in [0.717, 1.165) is 50.1 Å². The molecule has 3 heterocycles. The van der Waals surface area contributed by atoms with Crippen LogP contribution in [0.15, 0.2) is 4.99 Å². The molecule has 0 amide bonds. The average Bonchev–Trinajstić information content (AvgIpc) is 3.00. The molecule has 2 N–H and O–H groups in total. The first-order valence-corrected chi connectivity index (χ1v) is 9.25. The fourth-order valence-electron chi connectivity index (χ4n) is 3.74. The largest absolute Gasteiger partial charge is 0.377 e. The molecule has 0 aliphatic carbocycles. The van der Waals surface area contributed by atoms with Crippen LogP contribution in [-0.2, 0) is 24.3 Å². The fourth-order valence-corrected chi connectivity index (χ4v) is 3.74. The van der Waals surface area contributed by atoms with E-state index >= 15 is 0 Å². The highest BCUT2D eigenvalue weighted by atomic mass is 16.5. The standard InChI is InChI=1S/C17H31N7O/c1-18-17(19-9-13-5-4-8-23(2)10-13)20-14-6-7-16-21-15(12-25-3)22-24(16)11-14/h13-14H,4-12H2,1-3H3,(H2,18,19,20). The third kappa shape index (κ3) is 4.92. The quantitative estimate of drug-likeness (QED) is 0.586. The number of hydrogen-bond donors (Lipinski definition) is 2. The first-order chi connectivity index (χ1) is 12.2. The lowest BCUT2D eigenvalue weighted by Gasteiger charge is -2.31. The maximum absolute atomic E-state index is 5.12. The number of fused-ring (bicyclic) bond motifs is 1. The molecule has 1 aromatic heterocycles. The zero-order valence-corrected chi connectivity index (χ0v) is 15.7. The van der Waals surface area contributed by atoms with Crippen molar-refractivity contribution in [3.05, 3.63) is 11.6 Å². The van der Waals surface area contributed by atoms with Gasteiger partial charge in [0.15, 0.2) is 11.8 Å². The Balaban J connectivity index is 1.48. The number of rotatable bonds is 5. The van der Waals surface area contributed by atoms with E-state index in [1.807, 2.05) is 11.7 Å². The van der Waals surface area contributed by atoms with E-state index in [-0.39, 0.29) is 0 Å². The number of piperidine rings is 1. The minimum atomic E-state index is 0.324. The fraction of sp³-hybridized carbons (Fsp3) is 0.824. The molecule has 0 bridgehead atoms.